The van der Waals surface area contributed by atoms with Gasteiger partial charge in [-0.3, -0.25) is 9.79 Å². The molecule has 1 aromatic heterocycles. The van der Waals surface area contributed by atoms with Gasteiger partial charge in [-0.2, -0.15) is 0 Å². The number of Topliss-reactive ketones (excluding diaryl/α,β-unsaturated/α-hetero) is 1. The molecule has 2 aliphatic rings. The minimum absolute atomic E-state index is 0.0890. The molecule has 22 heavy (non-hydrogen) atoms. The van der Waals surface area contributed by atoms with Crippen molar-refractivity contribution in [3.63, 3.8) is 0 Å². The number of carbonyl (C=O) groups excluding carboxylic acids is 1. The Balaban J connectivity index is 1.71. The largest absolute Gasteiger partial charge is 0.466 e. The van der Waals surface area contributed by atoms with Crippen LogP contribution in [0.25, 0.3) is 0 Å². The molecular weight excluding hydrogens is 276 g/mol. The maximum absolute atomic E-state index is 12.5. The van der Waals surface area contributed by atoms with Crippen molar-refractivity contribution in [1.29, 1.82) is 0 Å². The Labute approximate surface area is 128 Å². The molecule has 2 heterocycles. The SMILES string of the molecule is Cc1ccc(C2CC(=O)C3=C(C2)Nc2ccccc2N=C3)o1. The molecule has 0 saturated carbocycles. The zero-order valence-electron chi connectivity index (χ0n) is 12.3. The number of furan rings is 1. The number of aryl methyl sites for hydroxylation is 1. The van der Waals surface area contributed by atoms with Crippen molar-refractivity contribution in [3.05, 3.63) is 59.2 Å². The van der Waals surface area contributed by atoms with Crippen LogP contribution >= 0.6 is 0 Å². The van der Waals surface area contributed by atoms with Crippen molar-refractivity contribution in [2.75, 3.05) is 5.32 Å². The van der Waals surface area contributed by atoms with Crippen molar-refractivity contribution in [2.24, 2.45) is 4.99 Å². The van der Waals surface area contributed by atoms with Crippen molar-refractivity contribution in [1.82, 2.24) is 0 Å². The molecule has 0 bridgehead atoms. The van der Waals surface area contributed by atoms with E-state index in [4.69, 9.17) is 4.42 Å². The number of nitrogens with zero attached hydrogens (tertiary/aromatic N) is 1. The Hall–Kier alpha value is -2.62. The molecule has 0 spiro atoms. The first-order valence-corrected chi connectivity index (χ1v) is 7.43. The summed E-state index contributed by atoms with van der Waals surface area (Å²) < 4.78 is 5.72. The minimum atomic E-state index is 0.0890. The molecule has 2 aromatic rings. The molecule has 4 rings (SSSR count). The number of aliphatic imine (C=N–C) groups is 1. The van der Waals surface area contributed by atoms with E-state index < -0.39 is 0 Å². The van der Waals surface area contributed by atoms with Gasteiger partial charge in [0, 0.05) is 24.3 Å². The molecule has 0 saturated heterocycles. The highest BCUT2D eigenvalue weighted by molar-refractivity contribution is 6.16. The second-order valence-corrected chi connectivity index (χ2v) is 5.77. The highest BCUT2D eigenvalue weighted by Crippen LogP contribution is 2.38. The Kier molecular flexibility index (Phi) is 2.96. The summed E-state index contributed by atoms with van der Waals surface area (Å²) in [5.74, 6) is 1.96. The van der Waals surface area contributed by atoms with E-state index in [-0.39, 0.29) is 11.7 Å². The summed E-state index contributed by atoms with van der Waals surface area (Å²) in [5.41, 5.74) is 3.42. The van der Waals surface area contributed by atoms with Crippen LogP contribution in [-0.2, 0) is 4.79 Å². The van der Waals surface area contributed by atoms with E-state index in [9.17, 15) is 4.79 Å². The average molecular weight is 292 g/mol. The first-order valence-electron chi connectivity index (χ1n) is 7.43. The molecule has 110 valence electrons. The monoisotopic (exact) mass is 292 g/mol. The number of hydrogen-bond donors (Lipinski definition) is 1. The summed E-state index contributed by atoms with van der Waals surface area (Å²) >= 11 is 0. The van der Waals surface area contributed by atoms with E-state index in [1.807, 2.05) is 43.3 Å². The van der Waals surface area contributed by atoms with Gasteiger partial charge in [0.05, 0.1) is 16.9 Å². The predicted molar refractivity (Wildman–Crippen MR) is 85.7 cm³/mol. The summed E-state index contributed by atoms with van der Waals surface area (Å²) in [7, 11) is 0. The third kappa shape index (κ3) is 2.17. The molecule has 0 radical (unpaired) electrons. The average Bonchev–Trinajstić information content (AvgIpc) is 2.85. The van der Waals surface area contributed by atoms with Gasteiger partial charge in [0.2, 0.25) is 0 Å². The van der Waals surface area contributed by atoms with Crippen LogP contribution in [0, 0.1) is 6.92 Å². The highest BCUT2D eigenvalue weighted by Gasteiger charge is 2.30. The minimum Gasteiger partial charge on any atom is -0.466 e. The fourth-order valence-electron chi connectivity index (χ4n) is 3.06. The van der Waals surface area contributed by atoms with Gasteiger partial charge in [0.25, 0.3) is 0 Å². The van der Waals surface area contributed by atoms with Crippen LogP contribution in [0.3, 0.4) is 0 Å². The van der Waals surface area contributed by atoms with E-state index in [0.29, 0.717) is 12.0 Å². The molecule has 1 N–H and O–H groups in total. The number of carbonyl (C=O) groups is 1. The van der Waals surface area contributed by atoms with Crippen LogP contribution < -0.4 is 5.32 Å². The number of anilines is 1. The second-order valence-electron chi connectivity index (χ2n) is 5.77. The van der Waals surface area contributed by atoms with Crippen LogP contribution in [0.2, 0.25) is 0 Å². The van der Waals surface area contributed by atoms with E-state index in [1.54, 1.807) is 6.21 Å². The fraction of sp³-hybridized carbons (Fsp3) is 0.222. The van der Waals surface area contributed by atoms with Crippen LogP contribution in [0.5, 0.6) is 0 Å². The van der Waals surface area contributed by atoms with E-state index in [1.165, 1.54) is 0 Å². The maximum Gasteiger partial charge on any atom is 0.166 e. The van der Waals surface area contributed by atoms with Gasteiger partial charge in [0.1, 0.15) is 11.5 Å². The number of allylic oxidation sites excluding steroid dienone is 2. The van der Waals surface area contributed by atoms with Crippen molar-refractivity contribution >= 4 is 23.4 Å². The fourth-order valence-corrected chi connectivity index (χ4v) is 3.06. The normalized spacial score (nSPS) is 20.2. The predicted octanol–water partition coefficient (Wildman–Crippen LogP) is 4.12. The third-order valence-electron chi connectivity index (χ3n) is 4.19. The summed E-state index contributed by atoms with van der Waals surface area (Å²) in [6.07, 6.45) is 2.92. The number of fused-ring (bicyclic) bond motifs is 1. The molecule has 1 atom stereocenters. The Morgan fingerprint density at radius 3 is 2.86 bits per heavy atom. The number of para-hydroxylation sites is 2. The molecule has 4 nitrogen and oxygen atoms in total. The number of ketones is 1. The van der Waals surface area contributed by atoms with Crippen LogP contribution in [0.4, 0.5) is 11.4 Å². The lowest BCUT2D eigenvalue weighted by Crippen LogP contribution is -2.21. The molecule has 1 aliphatic heterocycles. The van der Waals surface area contributed by atoms with Gasteiger partial charge in [0.15, 0.2) is 5.78 Å². The number of hydrogen-bond acceptors (Lipinski definition) is 4. The zero-order valence-corrected chi connectivity index (χ0v) is 12.3. The van der Waals surface area contributed by atoms with Gasteiger partial charge in [-0.05, 0) is 37.6 Å². The smallest absolute Gasteiger partial charge is 0.166 e. The number of nitrogens with one attached hydrogen (secondary N) is 1. The first-order chi connectivity index (χ1) is 10.7. The second kappa shape index (κ2) is 4.98. The topological polar surface area (TPSA) is 54.6 Å². The highest BCUT2D eigenvalue weighted by atomic mass is 16.3. The summed E-state index contributed by atoms with van der Waals surface area (Å²) in [6.45, 7) is 1.92. The number of rotatable bonds is 1. The quantitative estimate of drug-likeness (QED) is 0.860. The van der Waals surface area contributed by atoms with Gasteiger partial charge >= 0.3 is 0 Å². The van der Waals surface area contributed by atoms with E-state index in [0.717, 1.165) is 35.0 Å². The Bertz CT molecular complexity index is 814. The lowest BCUT2D eigenvalue weighted by molar-refractivity contribution is -0.115. The van der Waals surface area contributed by atoms with Crippen LogP contribution in [0.1, 0.15) is 30.3 Å². The summed E-state index contributed by atoms with van der Waals surface area (Å²) in [5, 5.41) is 3.39. The Morgan fingerprint density at radius 2 is 2.05 bits per heavy atom. The molecule has 1 unspecified atom stereocenters. The zero-order chi connectivity index (χ0) is 15.1. The first kappa shape index (κ1) is 13.1. The van der Waals surface area contributed by atoms with Crippen LogP contribution in [-0.4, -0.2) is 12.0 Å². The molecule has 0 fully saturated rings. The van der Waals surface area contributed by atoms with Gasteiger partial charge in [-0.15, -0.1) is 0 Å². The van der Waals surface area contributed by atoms with Crippen LogP contribution in [0.15, 0.2) is 57.1 Å². The lowest BCUT2D eigenvalue weighted by Gasteiger charge is -2.23. The van der Waals surface area contributed by atoms with Crippen molar-refractivity contribution in [2.45, 2.75) is 25.7 Å². The molecule has 0 amide bonds. The van der Waals surface area contributed by atoms with E-state index in [2.05, 4.69) is 10.3 Å². The molecule has 1 aromatic carbocycles. The van der Waals surface area contributed by atoms with Gasteiger partial charge in [-0.1, -0.05) is 12.1 Å². The van der Waals surface area contributed by atoms with Crippen molar-refractivity contribution in [3.8, 4) is 0 Å². The third-order valence-corrected chi connectivity index (χ3v) is 4.19. The molecular formula is C18H16N2O2. The standard InChI is InChI=1S/C18H16N2O2/c1-11-6-7-18(22-11)12-8-16-13(17(21)9-12)10-19-14-4-2-3-5-15(14)20-16/h2-7,10,12,20H,8-9H2,1H3. The maximum atomic E-state index is 12.5. The number of benzene rings is 1. The summed E-state index contributed by atoms with van der Waals surface area (Å²) in [6, 6.07) is 11.7. The molecule has 4 heteroatoms. The van der Waals surface area contributed by atoms with Crippen molar-refractivity contribution < 1.29 is 9.21 Å². The van der Waals surface area contributed by atoms with Gasteiger partial charge < -0.3 is 9.73 Å². The summed E-state index contributed by atoms with van der Waals surface area (Å²) in [4.78, 5) is 16.9. The molecule has 1 aliphatic carbocycles. The Morgan fingerprint density at radius 1 is 1.18 bits per heavy atom. The van der Waals surface area contributed by atoms with E-state index >= 15 is 0 Å². The van der Waals surface area contributed by atoms with Gasteiger partial charge in [-0.25, -0.2) is 0 Å². The lowest BCUT2D eigenvalue weighted by atomic mass is 9.85.